The zero-order valence-electron chi connectivity index (χ0n) is 7.13. The molecule has 0 bridgehead atoms. The van der Waals surface area contributed by atoms with Gasteiger partial charge in [0.1, 0.15) is 5.82 Å². The smallest absolute Gasteiger partial charge is 0.146 e. The average molecular weight is 228 g/mol. The number of hydrogen-bond acceptors (Lipinski definition) is 2. The van der Waals surface area contributed by atoms with E-state index in [0.29, 0.717) is 5.02 Å². The van der Waals surface area contributed by atoms with Crippen molar-refractivity contribution in [3.05, 3.63) is 40.5 Å². The van der Waals surface area contributed by atoms with E-state index < -0.39 is 5.82 Å². The largest absolute Gasteiger partial charge is 0.396 e. The van der Waals surface area contributed by atoms with E-state index >= 15 is 0 Å². The summed E-state index contributed by atoms with van der Waals surface area (Å²) in [6, 6.07) is 6.49. The quantitative estimate of drug-likeness (QED) is 0.737. The highest BCUT2D eigenvalue weighted by Gasteiger charge is 2.07. The monoisotopic (exact) mass is 227 g/mol. The summed E-state index contributed by atoms with van der Waals surface area (Å²) in [5, 5.41) is 2.51. The zero-order valence-corrected chi connectivity index (χ0v) is 8.70. The van der Waals surface area contributed by atoms with E-state index in [1.54, 1.807) is 18.2 Å². The van der Waals surface area contributed by atoms with Crippen LogP contribution in [0.1, 0.15) is 0 Å². The Bertz CT molecular complexity index is 467. The van der Waals surface area contributed by atoms with Crippen LogP contribution in [0.5, 0.6) is 0 Å². The van der Waals surface area contributed by atoms with Crippen molar-refractivity contribution in [1.29, 1.82) is 0 Å². The molecule has 0 saturated carbocycles. The molecule has 0 aliphatic carbocycles. The molecule has 2 rings (SSSR count). The van der Waals surface area contributed by atoms with Crippen molar-refractivity contribution in [2.75, 3.05) is 5.73 Å². The van der Waals surface area contributed by atoms with E-state index in [9.17, 15) is 4.39 Å². The van der Waals surface area contributed by atoms with Gasteiger partial charge < -0.3 is 5.73 Å². The van der Waals surface area contributed by atoms with Gasteiger partial charge in [0.2, 0.25) is 0 Å². The summed E-state index contributed by atoms with van der Waals surface area (Å²) in [5.41, 5.74) is 6.29. The molecule has 2 N–H and O–H groups in total. The van der Waals surface area contributed by atoms with Crippen molar-refractivity contribution < 1.29 is 4.39 Å². The number of thiophene rings is 1. The van der Waals surface area contributed by atoms with Crippen LogP contribution in [0.3, 0.4) is 0 Å². The van der Waals surface area contributed by atoms with Crippen molar-refractivity contribution in [3.63, 3.8) is 0 Å². The molecule has 14 heavy (non-hydrogen) atoms. The third-order valence-corrected chi connectivity index (χ3v) is 3.27. The Kier molecular flexibility index (Phi) is 2.44. The van der Waals surface area contributed by atoms with Crippen LogP contribution in [0.15, 0.2) is 29.6 Å². The molecular weight excluding hydrogens is 221 g/mol. The maximum atomic E-state index is 13.1. The zero-order chi connectivity index (χ0) is 10.1. The molecule has 0 spiro atoms. The highest BCUT2D eigenvalue weighted by molar-refractivity contribution is 7.14. The van der Waals surface area contributed by atoms with Crippen LogP contribution in [0.4, 0.5) is 10.1 Å². The number of nitrogen functional groups attached to an aromatic ring is 1. The van der Waals surface area contributed by atoms with Gasteiger partial charge in [-0.3, -0.25) is 0 Å². The fourth-order valence-electron chi connectivity index (χ4n) is 1.17. The van der Waals surface area contributed by atoms with Crippen LogP contribution in [0, 0.1) is 5.82 Å². The maximum Gasteiger partial charge on any atom is 0.146 e. The average Bonchev–Trinajstić information content (AvgIpc) is 2.57. The molecule has 4 heteroatoms. The van der Waals surface area contributed by atoms with E-state index in [2.05, 4.69) is 0 Å². The van der Waals surface area contributed by atoms with Crippen molar-refractivity contribution in [3.8, 4) is 10.4 Å². The lowest BCUT2D eigenvalue weighted by molar-refractivity contribution is 0.633. The summed E-state index contributed by atoms with van der Waals surface area (Å²) < 4.78 is 13.1. The van der Waals surface area contributed by atoms with Crippen LogP contribution >= 0.6 is 22.9 Å². The number of nitrogens with two attached hydrogens (primary N) is 1. The Morgan fingerprint density at radius 1 is 1.29 bits per heavy atom. The SMILES string of the molecule is Nc1ccc(-c2sccc2Cl)cc1F. The van der Waals surface area contributed by atoms with Gasteiger partial charge in [0.05, 0.1) is 15.6 Å². The first-order valence-corrected chi connectivity index (χ1v) is 5.22. The molecule has 0 amide bonds. The Hall–Kier alpha value is -1.06. The molecule has 1 nitrogen and oxygen atoms in total. The van der Waals surface area contributed by atoms with Crippen LogP contribution in [-0.4, -0.2) is 0 Å². The first-order chi connectivity index (χ1) is 6.68. The Morgan fingerprint density at radius 2 is 2.07 bits per heavy atom. The third-order valence-electron chi connectivity index (χ3n) is 1.88. The van der Waals surface area contributed by atoms with Crippen LogP contribution < -0.4 is 5.73 Å². The number of hydrogen-bond donors (Lipinski definition) is 1. The summed E-state index contributed by atoms with van der Waals surface area (Å²) in [5.74, 6) is -0.410. The Balaban J connectivity index is 2.53. The second-order valence-corrected chi connectivity index (χ2v) is 4.16. The molecular formula is C10H7ClFNS. The van der Waals surface area contributed by atoms with Crippen molar-refractivity contribution in [1.82, 2.24) is 0 Å². The minimum atomic E-state index is -0.410. The predicted molar refractivity (Wildman–Crippen MR) is 59.1 cm³/mol. The van der Waals surface area contributed by atoms with Crippen LogP contribution in [-0.2, 0) is 0 Å². The van der Waals surface area contributed by atoms with E-state index in [-0.39, 0.29) is 5.69 Å². The lowest BCUT2D eigenvalue weighted by Gasteiger charge is -2.01. The predicted octanol–water partition coefficient (Wildman–Crippen LogP) is 3.79. The molecule has 1 aromatic carbocycles. The van der Waals surface area contributed by atoms with Crippen LogP contribution in [0.25, 0.3) is 10.4 Å². The molecule has 0 aliphatic heterocycles. The van der Waals surface area contributed by atoms with E-state index in [1.165, 1.54) is 17.4 Å². The highest BCUT2D eigenvalue weighted by Crippen LogP contribution is 2.34. The van der Waals surface area contributed by atoms with E-state index in [4.69, 9.17) is 17.3 Å². The van der Waals surface area contributed by atoms with Crippen molar-refractivity contribution in [2.45, 2.75) is 0 Å². The second kappa shape index (κ2) is 3.59. The third kappa shape index (κ3) is 1.61. The summed E-state index contributed by atoms with van der Waals surface area (Å²) in [4.78, 5) is 0.866. The Labute approximate surface area is 89.9 Å². The summed E-state index contributed by atoms with van der Waals surface area (Å²) in [7, 11) is 0. The standard InChI is InChI=1S/C10H7ClFNS/c11-7-3-4-14-10(7)6-1-2-9(13)8(12)5-6/h1-5H,13H2. The van der Waals surface area contributed by atoms with Gasteiger partial charge in [0, 0.05) is 0 Å². The van der Waals surface area contributed by atoms with Crippen molar-refractivity contribution >= 4 is 28.6 Å². The van der Waals surface area contributed by atoms with Crippen molar-refractivity contribution in [2.24, 2.45) is 0 Å². The van der Waals surface area contributed by atoms with Gasteiger partial charge in [-0.2, -0.15) is 0 Å². The summed E-state index contributed by atoms with van der Waals surface area (Å²) in [6.07, 6.45) is 0. The van der Waals surface area contributed by atoms with Gasteiger partial charge >= 0.3 is 0 Å². The number of anilines is 1. The minimum absolute atomic E-state index is 0.154. The lowest BCUT2D eigenvalue weighted by atomic mass is 10.1. The van der Waals surface area contributed by atoms with Gasteiger partial charge in [0.15, 0.2) is 0 Å². The normalized spacial score (nSPS) is 10.4. The molecule has 0 aliphatic rings. The van der Waals surface area contributed by atoms with Gasteiger partial charge in [0.25, 0.3) is 0 Å². The van der Waals surface area contributed by atoms with E-state index in [1.807, 2.05) is 5.38 Å². The van der Waals surface area contributed by atoms with Gasteiger partial charge in [-0.25, -0.2) is 4.39 Å². The molecule has 0 fully saturated rings. The summed E-state index contributed by atoms with van der Waals surface area (Å²) in [6.45, 7) is 0. The first kappa shape index (κ1) is 9.49. The molecule has 0 unspecified atom stereocenters. The molecule has 0 atom stereocenters. The molecule has 1 aromatic heterocycles. The van der Waals surface area contributed by atoms with E-state index in [0.717, 1.165) is 10.4 Å². The lowest BCUT2D eigenvalue weighted by Crippen LogP contribution is -1.89. The Morgan fingerprint density at radius 3 is 2.64 bits per heavy atom. The first-order valence-electron chi connectivity index (χ1n) is 3.97. The highest BCUT2D eigenvalue weighted by atomic mass is 35.5. The van der Waals surface area contributed by atoms with Crippen LogP contribution in [0.2, 0.25) is 5.02 Å². The van der Waals surface area contributed by atoms with Gasteiger partial charge in [-0.05, 0) is 29.1 Å². The van der Waals surface area contributed by atoms with Gasteiger partial charge in [-0.15, -0.1) is 11.3 Å². The molecule has 1 heterocycles. The fourth-order valence-corrected chi connectivity index (χ4v) is 2.33. The number of rotatable bonds is 1. The molecule has 2 aromatic rings. The maximum absolute atomic E-state index is 13.1. The fraction of sp³-hybridized carbons (Fsp3) is 0. The molecule has 0 saturated heterocycles. The number of benzene rings is 1. The number of halogens is 2. The van der Waals surface area contributed by atoms with Gasteiger partial charge in [-0.1, -0.05) is 17.7 Å². The molecule has 0 radical (unpaired) electrons. The topological polar surface area (TPSA) is 26.0 Å². The molecule has 72 valence electrons. The summed E-state index contributed by atoms with van der Waals surface area (Å²) >= 11 is 7.40. The second-order valence-electron chi connectivity index (χ2n) is 2.83. The minimum Gasteiger partial charge on any atom is -0.396 e.